The predicted octanol–water partition coefficient (Wildman–Crippen LogP) is -0.487. The maximum Gasteiger partial charge on any atom is 1.00 e. The molecule has 1 atom stereocenters. The second-order valence-corrected chi connectivity index (χ2v) is 6.36. The third-order valence-electron chi connectivity index (χ3n) is 3.57. The minimum absolute atomic E-state index is 0. The minimum Gasteiger partial charge on any atom is -0.565 e. The molecule has 150 valence electrons. The van der Waals surface area contributed by atoms with Crippen molar-refractivity contribution in [2.45, 2.75) is 12.0 Å². The van der Waals surface area contributed by atoms with E-state index in [1.807, 2.05) is 0 Å². The van der Waals surface area contributed by atoms with E-state index < -0.39 is 47.2 Å². The van der Waals surface area contributed by atoms with E-state index in [0.717, 1.165) is 12.3 Å². The van der Waals surface area contributed by atoms with Gasteiger partial charge in [-0.25, -0.2) is 17.6 Å². The van der Waals surface area contributed by atoms with Crippen molar-refractivity contribution >= 4 is 26.7 Å². The smallest absolute Gasteiger partial charge is 0.565 e. The Balaban J connectivity index is 0.000000771. The van der Waals surface area contributed by atoms with Crippen LogP contribution in [0.3, 0.4) is 0 Å². The fourth-order valence-electron chi connectivity index (χ4n) is 2.52. The van der Waals surface area contributed by atoms with E-state index in [-0.39, 0.29) is 47.2 Å². The van der Waals surface area contributed by atoms with Crippen molar-refractivity contribution in [1.29, 1.82) is 0 Å². The molecule has 0 radical (unpaired) electrons. The maximum atomic E-state index is 14.1. The number of rotatable bonds is 3. The first kappa shape index (κ1) is 25.3. The van der Waals surface area contributed by atoms with Crippen molar-refractivity contribution in [3.63, 3.8) is 0 Å². The minimum atomic E-state index is -2.08. The van der Waals surface area contributed by atoms with Crippen LogP contribution < -0.4 is 34.7 Å². The number of hydrogen-bond acceptors (Lipinski definition) is 6. The number of carboxylic acid groups (broad SMARTS) is 2. The van der Waals surface area contributed by atoms with E-state index in [4.69, 9.17) is 19.8 Å². The molecule has 0 saturated heterocycles. The van der Waals surface area contributed by atoms with Crippen molar-refractivity contribution < 1.29 is 72.1 Å². The van der Waals surface area contributed by atoms with E-state index in [2.05, 4.69) is 26.1 Å². The molecular weight excluding hydrogens is 479 g/mol. The molecule has 0 saturated carbocycles. The number of carbonyl (C=O) groups is 1. The summed E-state index contributed by atoms with van der Waals surface area (Å²) in [5, 5.41) is 28.7. The van der Waals surface area contributed by atoms with Crippen LogP contribution in [0.5, 0.6) is 0 Å². The number of pyridine rings is 1. The molecular formula is C16H10BrF4N2NaO5. The van der Waals surface area contributed by atoms with Crippen LogP contribution in [0.15, 0.2) is 29.6 Å². The van der Waals surface area contributed by atoms with Gasteiger partial charge in [-0.2, -0.15) is 0 Å². The average Bonchev–Trinajstić information content (AvgIpc) is 2.96. The Hall–Kier alpha value is -1.73. The van der Waals surface area contributed by atoms with E-state index in [1.165, 1.54) is 0 Å². The van der Waals surface area contributed by atoms with Crippen LogP contribution in [0.25, 0.3) is 11.1 Å². The van der Waals surface area contributed by atoms with E-state index in [9.17, 15) is 22.7 Å². The molecule has 2 aromatic rings. The average molecular weight is 489 g/mol. The zero-order valence-corrected chi connectivity index (χ0v) is 18.2. The number of aliphatic hydroxyl groups excluding tert-OH is 1. The van der Waals surface area contributed by atoms with Gasteiger partial charge in [-0.1, -0.05) is 5.16 Å². The van der Waals surface area contributed by atoms with Crippen LogP contribution in [-0.4, -0.2) is 32.6 Å². The summed E-state index contributed by atoms with van der Waals surface area (Å²) in [6.07, 6.45) is -1.23. The molecule has 29 heavy (non-hydrogen) atoms. The molecule has 1 aromatic heterocycles. The SMILES string of the molecule is O=C([O-])O.OCC1(c2ncc(F)cc2-c2c(F)cc(F)cc2F)CC(Br)=NO1.[Na+]. The van der Waals surface area contributed by atoms with Crippen LogP contribution in [0, 0.1) is 23.3 Å². The number of aromatic nitrogens is 1. The molecule has 1 unspecified atom stereocenters. The second kappa shape index (κ2) is 10.3. The molecule has 0 fully saturated rings. The Morgan fingerprint density at radius 3 is 2.21 bits per heavy atom. The fraction of sp³-hybridized carbons (Fsp3) is 0.188. The quantitative estimate of drug-likeness (QED) is 0.445. The molecule has 0 aliphatic carbocycles. The van der Waals surface area contributed by atoms with Crippen LogP contribution in [-0.2, 0) is 10.4 Å². The maximum absolute atomic E-state index is 14.1. The van der Waals surface area contributed by atoms with Crippen LogP contribution in [0.2, 0.25) is 0 Å². The summed E-state index contributed by atoms with van der Waals surface area (Å²) in [6.45, 7) is -0.623. The molecule has 13 heteroatoms. The van der Waals surface area contributed by atoms with Crippen LogP contribution in [0.4, 0.5) is 22.4 Å². The monoisotopic (exact) mass is 488 g/mol. The summed E-state index contributed by atoms with van der Waals surface area (Å²) in [4.78, 5) is 17.5. The number of hydrogen-bond donors (Lipinski definition) is 2. The van der Waals surface area contributed by atoms with E-state index >= 15 is 0 Å². The van der Waals surface area contributed by atoms with E-state index in [1.54, 1.807) is 0 Å². The Morgan fingerprint density at radius 1 is 1.21 bits per heavy atom. The first-order valence-corrected chi connectivity index (χ1v) is 8.11. The van der Waals surface area contributed by atoms with Crippen LogP contribution in [0.1, 0.15) is 12.1 Å². The second-order valence-electron chi connectivity index (χ2n) is 5.45. The summed E-state index contributed by atoms with van der Waals surface area (Å²) in [5.74, 6) is -4.43. The number of oxime groups is 1. The summed E-state index contributed by atoms with van der Waals surface area (Å²) < 4.78 is 55.4. The molecule has 1 aliphatic rings. The third-order valence-corrected chi connectivity index (χ3v) is 3.99. The number of halogens is 5. The first-order valence-electron chi connectivity index (χ1n) is 7.32. The van der Waals surface area contributed by atoms with Crippen molar-refractivity contribution in [1.82, 2.24) is 4.98 Å². The number of nitrogens with zero attached hydrogens (tertiary/aromatic N) is 2. The summed E-state index contributed by atoms with van der Waals surface area (Å²) in [6, 6.07) is 1.79. The number of benzene rings is 1. The Labute approximate surface area is 191 Å². The Morgan fingerprint density at radius 2 is 1.76 bits per heavy atom. The summed E-state index contributed by atoms with van der Waals surface area (Å²) >= 11 is 3.10. The molecule has 0 spiro atoms. The normalized spacial score (nSPS) is 17.4. The molecule has 2 N–H and O–H groups in total. The van der Waals surface area contributed by atoms with Crippen LogP contribution >= 0.6 is 15.9 Å². The van der Waals surface area contributed by atoms with Gasteiger partial charge in [0.15, 0.2) is 0 Å². The van der Waals surface area contributed by atoms with Gasteiger partial charge in [-0.3, -0.25) is 4.98 Å². The van der Waals surface area contributed by atoms with E-state index in [0.29, 0.717) is 16.8 Å². The standard InChI is InChI=1S/C15H9BrF4N2O2.CH2O3.Na/c16-12-4-15(6-23,24-22-12)14-9(1-8(18)5-21-14)13-10(19)2-7(17)3-11(13)20;2-1(3)4;/h1-3,5,23H,4,6H2;(H2,2,3,4);/q;;+1/p-1. The van der Waals surface area contributed by atoms with Gasteiger partial charge in [0.1, 0.15) is 27.9 Å². The Bertz CT molecular complexity index is 923. The molecule has 1 aliphatic heterocycles. The molecule has 0 amide bonds. The molecule has 7 nitrogen and oxygen atoms in total. The van der Waals surface area contributed by atoms with Gasteiger partial charge >= 0.3 is 29.6 Å². The van der Waals surface area contributed by atoms with Gasteiger partial charge in [0, 0.05) is 17.7 Å². The zero-order valence-electron chi connectivity index (χ0n) is 14.6. The number of aliphatic hydroxyl groups is 1. The van der Waals surface area contributed by atoms with Crippen molar-refractivity contribution in [3.8, 4) is 11.1 Å². The van der Waals surface area contributed by atoms with Crippen molar-refractivity contribution in [2.24, 2.45) is 5.16 Å². The van der Waals surface area contributed by atoms with Gasteiger partial charge < -0.3 is 25.0 Å². The largest absolute Gasteiger partial charge is 1.00 e. The summed E-state index contributed by atoms with van der Waals surface area (Å²) in [5.41, 5.74) is -2.61. The van der Waals surface area contributed by atoms with Crippen molar-refractivity contribution in [2.75, 3.05) is 6.61 Å². The van der Waals surface area contributed by atoms with Crippen molar-refractivity contribution in [3.05, 3.63) is 53.4 Å². The topological polar surface area (TPSA) is 115 Å². The predicted molar refractivity (Wildman–Crippen MR) is 88.4 cm³/mol. The fourth-order valence-corrected chi connectivity index (χ4v) is 3.04. The molecule has 0 bridgehead atoms. The molecule has 3 rings (SSSR count). The van der Waals surface area contributed by atoms with Gasteiger partial charge in [0.2, 0.25) is 11.8 Å². The van der Waals surface area contributed by atoms with Gasteiger partial charge in [-0.15, -0.1) is 0 Å². The Kier molecular flexibility index (Phi) is 9.03. The van der Waals surface area contributed by atoms with Gasteiger partial charge in [0.25, 0.3) is 0 Å². The molecule has 2 heterocycles. The molecule has 1 aromatic carbocycles. The van der Waals surface area contributed by atoms with Gasteiger partial charge in [0.05, 0.1) is 30.5 Å². The zero-order chi connectivity index (χ0) is 21.1. The third kappa shape index (κ3) is 5.89. The first-order chi connectivity index (χ1) is 13.1. The van der Waals surface area contributed by atoms with Gasteiger partial charge in [-0.05, 0) is 22.0 Å². The summed E-state index contributed by atoms with van der Waals surface area (Å²) in [7, 11) is 0.